The smallest absolute Gasteiger partial charge is 0.327 e. The summed E-state index contributed by atoms with van der Waals surface area (Å²) in [5, 5.41) is 16.2. The lowest BCUT2D eigenvalue weighted by atomic mass is 10.1. The number of nitrogens with one attached hydrogen (secondary N) is 2. The molecule has 160 valence electrons. The standard InChI is InChI=1S/C24H16N6O3/c31-24(17-4-2-15(3-5-17)22-25-12-1-13-26-22)27-18-8-6-16(7-9-18)23-28-20-11-10-19(29-32)14-21(20)30(23)33/h1-14,33H,(H,27,28,31,32)/p+1. The summed E-state index contributed by atoms with van der Waals surface area (Å²) in [4.78, 5) is 34.9. The zero-order valence-electron chi connectivity index (χ0n) is 17.1. The van der Waals surface area contributed by atoms with Crippen LogP contribution in [0.15, 0.2) is 90.4 Å². The maximum atomic E-state index is 12.6. The van der Waals surface area contributed by atoms with Crippen molar-refractivity contribution in [2.45, 2.75) is 0 Å². The molecule has 0 aliphatic carbocycles. The Morgan fingerprint density at radius 2 is 1.64 bits per heavy atom. The van der Waals surface area contributed by atoms with Crippen LogP contribution in [0.4, 0.5) is 11.4 Å². The van der Waals surface area contributed by atoms with Gasteiger partial charge < -0.3 is 10.5 Å². The molecule has 0 saturated carbocycles. The minimum absolute atomic E-state index is 0.221. The SMILES string of the molecule is O=Nc1ccc2[nH]c(-c3ccc(NC(=O)c4ccc(-c5ncccn5)cc4)cc3)[n+](O)c2c1. The van der Waals surface area contributed by atoms with Crippen molar-refractivity contribution < 1.29 is 14.7 Å². The summed E-state index contributed by atoms with van der Waals surface area (Å²) in [6.07, 6.45) is 3.33. The second-order valence-electron chi connectivity index (χ2n) is 7.26. The van der Waals surface area contributed by atoms with E-state index in [-0.39, 0.29) is 11.6 Å². The lowest BCUT2D eigenvalue weighted by Gasteiger charge is -2.06. The monoisotopic (exact) mass is 437 g/mol. The summed E-state index contributed by atoms with van der Waals surface area (Å²) in [6.45, 7) is 0. The zero-order valence-corrected chi connectivity index (χ0v) is 17.1. The fourth-order valence-corrected chi connectivity index (χ4v) is 3.49. The minimum atomic E-state index is -0.250. The molecule has 3 aromatic carbocycles. The molecule has 1 amide bonds. The van der Waals surface area contributed by atoms with E-state index in [1.807, 2.05) is 0 Å². The molecule has 5 aromatic rings. The van der Waals surface area contributed by atoms with Crippen LogP contribution in [-0.4, -0.2) is 26.1 Å². The van der Waals surface area contributed by atoms with Crippen molar-refractivity contribution in [3.05, 3.63) is 95.7 Å². The van der Waals surface area contributed by atoms with E-state index in [1.165, 1.54) is 6.07 Å². The molecular weight excluding hydrogens is 420 g/mol. The molecule has 0 aliphatic rings. The number of hydrogen-bond donors (Lipinski definition) is 3. The van der Waals surface area contributed by atoms with Crippen LogP contribution in [0.5, 0.6) is 0 Å². The second kappa shape index (κ2) is 8.31. The average molecular weight is 437 g/mol. The number of aromatic amines is 1. The number of rotatable bonds is 5. The Kier molecular flexibility index (Phi) is 5.04. The van der Waals surface area contributed by atoms with Crippen LogP contribution >= 0.6 is 0 Å². The normalized spacial score (nSPS) is 10.8. The molecule has 3 N–H and O–H groups in total. The average Bonchev–Trinajstić information content (AvgIpc) is 3.20. The molecular formula is C24H17N6O3+. The predicted molar refractivity (Wildman–Crippen MR) is 122 cm³/mol. The number of nitroso groups, excluding NO2 is 1. The quantitative estimate of drug-likeness (QED) is 0.213. The van der Waals surface area contributed by atoms with Crippen molar-refractivity contribution in [1.29, 1.82) is 0 Å². The van der Waals surface area contributed by atoms with Gasteiger partial charge in [-0.25, -0.2) is 15.0 Å². The van der Waals surface area contributed by atoms with E-state index < -0.39 is 0 Å². The van der Waals surface area contributed by atoms with Gasteiger partial charge in [-0.05, 0) is 64.5 Å². The Morgan fingerprint density at radius 3 is 2.33 bits per heavy atom. The van der Waals surface area contributed by atoms with Crippen molar-refractivity contribution in [2.24, 2.45) is 5.18 Å². The van der Waals surface area contributed by atoms with Crippen molar-refractivity contribution >= 4 is 28.3 Å². The molecule has 0 bridgehead atoms. The molecule has 0 saturated heterocycles. The molecule has 0 aliphatic heterocycles. The molecule has 0 spiro atoms. The van der Waals surface area contributed by atoms with Crippen LogP contribution in [0, 0.1) is 4.91 Å². The van der Waals surface area contributed by atoms with Crippen molar-refractivity contribution in [3.63, 3.8) is 0 Å². The number of anilines is 1. The Hall–Kier alpha value is -4.92. The lowest BCUT2D eigenvalue weighted by molar-refractivity contribution is -0.875. The van der Waals surface area contributed by atoms with Gasteiger partial charge in [-0.1, -0.05) is 12.1 Å². The van der Waals surface area contributed by atoms with E-state index in [0.29, 0.717) is 39.5 Å². The highest BCUT2D eigenvalue weighted by Crippen LogP contribution is 2.24. The zero-order chi connectivity index (χ0) is 22.8. The van der Waals surface area contributed by atoms with Gasteiger partial charge in [0.1, 0.15) is 5.69 Å². The number of H-pyrrole nitrogens is 1. The molecule has 0 fully saturated rings. The Labute approximate surface area is 187 Å². The molecule has 9 heteroatoms. The highest BCUT2D eigenvalue weighted by atomic mass is 16.5. The summed E-state index contributed by atoms with van der Waals surface area (Å²) >= 11 is 0. The molecule has 2 heterocycles. The van der Waals surface area contributed by atoms with Crippen LogP contribution in [0.3, 0.4) is 0 Å². The number of aromatic nitrogens is 4. The molecule has 33 heavy (non-hydrogen) atoms. The highest BCUT2D eigenvalue weighted by Gasteiger charge is 2.20. The maximum absolute atomic E-state index is 12.6. The number of fused-ring (bicyclic) bond motifs is 1. The summed E-state index contributed by atoms with van der Waals surface area (Å²) < 4.78 is 0.968. The first-order chi connectivity index (χ1) is 16.1. The Morgan fingerprint density at radius 1 is 0.939 bits per heavy atom. The summed E-state index contributed by atoms with van der Waals surface area (Å²) in [5.41, 5.74) is 3.93. The molecule has 5 rings (SSSR count). The van der Waals surface area contributed by atoms with Gasteiger partial charge in [-0.2, -0.15) is 0 Å². The third kappa shape index (κ3) is 3.90. The van der Waals surface area contributed by atoms with E-state index in [4.69, 9.17) is 0 Å². The number of carbonyl (C=O) groups excluding carboxylic acids is 1. The largest absolute Gasteiger partial charge is 0.349 e. The predicted octanol–water partition coefficient (Wildman–Crippen LogP) is 4.47. The van der Waals surface area contributed by atoms with Crippen LogP contribution in [0.2, 0.25) is 0 Å². The van der Waals surface area contributed by atoms with Gasteiger partial charge in [0, 0.05) is 35.3 Å². The third-order valence-electron chi connectivity index (χ3n) is 5.17. The first-order valence-electron chi connectivity index (χ1n) is 10.0. The first-order valence-corrected chi connectivity index (χ1v) is 10.0. The summed E-state index contributed by atoms with van der Waals surface area (Å²) in [5.74, 6) is 0.779. The molecule has 2 aromatic heterocycles. The fourth-order valence-electron chi connectivity index (χ4n) is 3.49. The maximum Gasteiger partial charge on any atom is 0.327 e. The van der Waals surface area contributed by atoms with Crippen molar-refractivity contribution in [3.8, 4) is 22.8 Å². The van der Waals surface area contributed by atoms with Crippen LogP contribution in [0.25, 0.3) is 33.8 Å². The van der Waals surface area contributed by atoms with Crippen LogP contribution < -0.4 is 10.0 Å². The van der Waals surface area contributed by atoms with E-state index in [2.05, 4.69) is 25.4 Å². The highest BCUT2D eigenvalue weighted by molar-refractivity contribution is 6.04. The summed E-state index contributed by atoms with van der Waals surface area (Å²) in [6, 6.07) is 20.5. The van der Waals surface area contributed by atoms with Gasteiger partial charge >= 0.3 is 5.82 Å². The number of benzene rings is 3. The first kappa shape index (κ1) is 20.0. The van der Waals surface area contributed by atoms with Crippen molar-refractivity contribution in [1.82, 2.24) is 15.0 Å². The van der Waals surface area contributed by atoms with Gasteiger partial charge in [0.2, 0.25) is 5.52 Å². The number of imidazole rings is 1. The van der Waals surface area contributed by atoms with E-state index in [0.717, 1.165) is 10.3 Å². The number of carbonyl (C=O) groups is 1. The van der Waals surface area contributed by atoms with Gasteiger partial charge in [0.25, 0.3) is 5.91 Å². The Bertz CT molecular complexity index is 1460. The molecule has 0 atom stereocenters. The number of amides is 1. The van der Waals surface area contributed by atoms with Gasteiger partial charge in [-0.3, -0.25) is 4.79 Å². The number of hydrogen-bond acceptors (Lipinski definition) is 6. The lowest BCUT2D eigenvalue weighted by Crippen LogP contribution is -2.30. The Balaban J connectivity index is 1.33. The third-order valence-corrected chi connectivity index (χ3v) is 5.17. The second-order valence-corrected chi connectivity index (χ2v) is 7.26. The van der Waals surface area contributed by atoms with E-state index >= 15 is 0 Å². The van der Waals surface area contributed by atoms with Crippen molar-refractivity contribution in [2.75, 3.05) is 5.32 Å². The van der Waals surface area contributed by atoms with E-state index in [1.54, 1.807) is 79.1 Å². The topological polar surface area (TPSA) is 124 Å². The minimum Gasteiger partial charge on any atom is -0.349 e. The molecule has 0 radical (unpaired) electrons. The van der Waals surface area contributed by atoms with Gasteiger partial charge in [0.15, 0.2) is 11.3 Å². The fraction of sp³-hybridized carbons (Fsp3) is 0. The number of nitrogens with zero attached hydrogens (tertiary/aromatic N) is 4. The van der Waals surface area contributed by atoms with Crippen LogP contribution in [0.1, 0.15) is 10.4 Å². The molecule has 0 unspecified atom stereocenters. The van der Waals surface area contributed by atoms with E-state index in [9.17, 15) is 14.9 Å². The summed E-state index contributed by atoms with van der Waals surface area (Å²) in [7, 11) is 0. The van der Waals surface area contributed by atoms with Gasteiger partial charge in [-0.15, -0.1) is 4.91 Å². The van der Waals surface area contributed by atoms with Crippen LogP contribution in [-0.2, 0) is 0 Å². The van der Waals surface area contributed by atoms with Gasteiger partial charge in [0.05, 0.1) is 5.56 Å². The molecule has 9 nitrogen and oxygen atoms in total.